The van der Waals surface area contributed by atoms with Gasteiger partial charge in [-0.1, -0.05) is 12.2 Å². The molecule has 3 fully saturated rings. The van der Waals surface area contributed by atoms with Gasteiger partial charge in [0.05, 0.1) is 18.4 Å². The average Bonchev–Trinajstić information content (AvgIpc) is 3.02. The third kappa shape index (κ3) is 3.07. The van der Waals surface area contributed by atoms with Gasteiger partial charge in [0.2, 0.25) is 11.8 Å². The minimum Gasteiger partial charge on any atom is -0.357 e. The van der Waals surface area contributed by atoms with Crippen LogP contribution >= 0.6 is 24.0 Å². The van der Waals surface area contributed by atoms with Crippen LogP contribution in [0.15, 0.2) is 17.1 Å². The van der Waals surface area contributed by atoms with Gasteiger partial charge in [0.15, 0.2) is 5.96 Å². The summed E-state index contributed by atoms with van der Waals surface area (Å²) in [6.45, 7) is 3.69. The molecule has 2 bridgehead atoms. The molecule has 0 aromatic heterocycles. The smallest absolute Gasteiger partial charge is 0.233 e. The lowest BCUT2D eigenvalue weighted by Crippen LogP contribution is -2.40. The Hall–Kier alpha value is -1.12. The molecular formula is C17H25IN4O2. The SMILES string of the molecule is CCNC(=NCCN1C(=O)C2C3C=CC(C3)C2C1=O)NC1CC1.I. The molecule has 0 aromatic carbocycles. The minimum absolute atomic E-state index is 0. The number of nitrogens with one attached hydrogen (secondary N) is 2. The number of nitrogens with zero attached hydrogens (tertiary/aromatic N) is 2. The van der Waals surface area contributed by atoms with Gasteiger partial charge < -0.3 is 10.6 Å². The third-order valence-corrected chi connectivity index (χ3v) is 5.42. The van der Waals surface area contributed by atoms with E-state index in [0.717, 1.165) is 18.9 Å². The van der Waals surface area contributed by atoms with Crippen LogP contribution in [0, 0.1) is 23.7 Å². The van der Waals surface area contributed by atoms with E-state index in [1.54, 1.807) is 0 Å². The lowest BCUT2D eigenvalue weighted by atomic mass is 9.85. The van der Waals surface area contributed by atoms with E-state index >= 15 is 0 Å². The number of likely N-dealkylation sites (tertiary alicyclic amines) is 1. The van der Waals surface area contributed by atoms with Gasteiger partial charge in [0.1, 0.15) is 0 Å². The molecule has 132 valence electrons. The number of hydrogen-bond acceptors (Lipinski definition) is 3. The van der Waals surface area contributed by atoms with E-state index in [9.17, 15) is 9.59 Å². The molecule has 1 heterocycles. The molecule has 2 N–H and O–H groups in total. The maximum Gasteiger partial charge on any atom is 0.233 e. The summed E-state index contributed by atoms with van der Waals surface area (Å²) in [7, 11) is 0. The van der Waals surface area contributed by atoms with Crippen LogP contribution in [0.25, 0.3) is 0 Å². The Balaban J connectivity index is 0.00000169. The number of carbonyl (C=O) groups is 2. The number of hydrogen-bond donors (Lipinski definition) is 2. The first-order chi connectivity index (χ1) is 11.2. The molecule has 1 saturated heterocycles. The predicted octanol–water partition coefficient (Wildman–Crippen LogP) is 1.13. The quantitative estimate of drug-likeness (QED) is 0.219. The number of allylic oxidation sites excluding steroid dienone is 2. The highest BCUT2D eigenvalue weighted by molar-refractivity contribution is 14.0. The predicted molar refractivity (Wildman–Crippen MR) is 102 cm³/mol. The van der Waals surface area contributed by atoms with E-state index in [1.165, 1.54) is 17.7 Å². The highest BCUT2D eigenvalue weighted by Gasteiger charge is 2.58. The molecule has 1 aliphatic heterocycles. The van der Waals surface area contributed by atoms with Crippen LogP contribution < -0.4 is 10.6 Å². The number of fused-ring (bicyclic) bond motifs is 5. The molecule has 0 spiro atoms. The number of halogens is 1. The zero-order valence-electron chi connectivity index (χ0n) is 13.9. The lowest BCUT2D eigenvalue weighted by molar-refractivity contribution is -0.140. The normalized spacial score (nSPS) is 33.7. The summed E-state index contributed by atoms with van der Waals surface area (Å²) in [5, 5.41) is 6.55. The van der Waals surface area contributed by atoms with E-state index in [-0.39, 0.29) is 59.5 Å². The fraction of sp³-hybridized carbons (Fsp3) is 0.706. The van der Waals surface area contributed by atoms with Crippen molar-refractivity contribution < 1.29 is 9.59 Å². The van der Waals surface area contributed by atoms with E-state index < -0.39 is 0 Å². The van der Waals surface area contributed by atoms with Gasteiger partial charge in [-0.3, -0.25) is 19.5 Å². The molecule has 4 atom stereocenters. The van der Waals surface area contributed by atoms with Crippen LogP contribution in [0.5, 0.6) is 0 Å². The van der Waals surface area contributed by atoms with Gasteiger partial charge in [-0.2, -0.15) is 0 Å². The van der Waals surface area contributed by atoms with Crippen LogP contribution in [0.1, 0.15) is 26.2 Å². The molecule has 7 heteroatoms. The summed E-state index contributed by atoms with van der Waals surface area (Å²) in [5.41, 5.74) is 0. The van der Waals surface area contributed by atoms with Gasteiger partial charge in [0.25, 0.3) is 0 Å². The van der Waals surface area contributed by atoms with Gasteiger partial charge in [-0.05, 0) is 38.0 Å². The summed E-state index contributed by atoms with van der Waals surface area (Å²) >= 11 is 0. The Labute approximate surface area is 159 Å². The molecule has 2 amide bonds. The second-order valence-electron chi connectivity index (χ2n) is 7.01. The fourth-order valence-electron chi connectivity index (χ4n) is 4.19. The zero-order chi connectivity index (χ0) is 16.0. The van der Waals surface area contributed by atoms with Crippen molar-refractivity contribution in [3.05, 3.63) is 12.2 Å². The van der Waals surface area contributed by atoms with E-state index in [2.05, 4.69) is 27.8 Å². The Morgan fingerprint density at radius 2 is 1.83 bits per heavy atom. The first-order valence-electron chi connectivity index (χ1n) is 8.77. The van der Waals surface area contributed by atoms with Crippen LogP contribution in [-0.4, -0.2) is 48.3 Å². The number of aliphatic imine (C=N–C) groups is 1. The van der Waals surface area contributed by atoms with Crippen molar-refractivity contribution in [1.82, 2.24) is 15.5 Å². The summed E-state index contributed by atoms with van der Waals surface area (Å²) in [5.74, 6) is 1.20. The van der Waals surface area contributed by atoms with Crippen LogP contribution in [-0.2, 0) is 9.59 Å². The van der Waals surface area contributed by atoms with Crippen LogP contribution in [0.3, 0.4) is 0 Å². The fourth-order valence-corrected chi connectivity index (χ4v) is 4.19. The van der Waals surface area contributed by atoms with Crippen molar-refractivity contribution in [2.75, 3.05) is 19.6 Å². The summed E-state index contributed by atoms with van der Waals surface area (Å²) in [6.07, 6.45) is 7.61. The summed E-state index contributed by atoms with van der Waals surface area (Å²) in [6, 6.07) is 0.531. The van der Waals surface area contributed by atoms with E-state index in [4.69, 9.17) is 0 Å². The lowest BCUT2D eigenvalue weighted by Gasteiger charge is -2.16. The summed E-state index contributed by atoms with van der Waals surface area (Å²) < 4.78 is 0. The first kappa shape index (κ1) is 17.7. The molecule has 24 heavy (non-hydrogen) atoms. The largest absolute Gasteiger partial charge is 0.357 e. The monoisotopic (exact) mass is 444 g/mol. The van der Waals surface area contributed by atoms with Crippen molar-refractivity contribution in [2.24, 2.45) is 28.7 Å². The van der Waals surface area contributed by atoms with Crippen LogP contribution in [0.4, 0.5) is 0 Å². The Morgan fingerprint density at radius 3 is 2.38 bits per heavy atom. The van der Waals surface area contributed by atoms with E-state index in [0.29, 0.717) is 19.1 Å². The zero-order valence-corrected chi connectivity index (χ0v) is 16.2. The molecule has 3 aliphatic carbocycles. The standard InChI is InChI=1S/C17H24N4O2.HI/c1-2-18-17(20-12-5-6-12)19-7-8-21-15(22)13-10-3-4-11(9-10)14(13)16(21)23;/h3-4,10-14H,2,5-9H2,1H3,(H2,18,19,20);1H. The number of imide groups is 1. The average molecular weight is 444 g/mol. The molecule has 4 aliphatic rings. The second kappa shape index (κ2) is 7.01. The molecule has 2 saturated carbocycles. The van der Waals surface area contributed by atoms with Crippen molar-refractivity contribution in [3.63, 3.8) is 0 Å². The van der Waals surface area contributed by atoms with Crippen LogP contribution in [0.2, 0.25) is 0 Å². The second-order valence-corrected chi connectivity index (χ2v) is 7.01. The molecule has 4 rings (SSSR count). The van der Waals surface area contributed by atoms with Crippen molar-refractivity contribution >= 4 is 41.8 Å². The number of carbonyl (C=O) groups excluding carboxylic acids is 2. The first-order valence-corrected chi connectivity index (χ1v) is 8.77. The van der Waals surface area contributed by atoms with Gasteiger partial charge in [-0.25, -0.2) is 0 Å². The molecule has 4 unspecified atom stereocenters. The maximum atomic E-state index is 12.6. The molecule has 6 nitrogen and oxygen atoms in total. The third-order valence-electron chi connectivity index (χ3n) is 5.42. The van der Waals surface area contributed by atoms with Crippen molar-refractivity contribution in [1.29, 1.82) is 0 Å². The van der Waals surface area contributed by atoms with Gasteiger partial charge in [-0.15, -0.1) is 24.0 Å². The molecule has 0 aromatic rings. The van der Waals surface area contributed by atoms with Gasteiger partial charge in [0, 0.05) is 19.1 Å². The van der Waals surface area contributed by atoms with E-state index in [1.807, 2.05) is 6.92 Å². The number of rotatable bonds is 5. The highest BCUT2D eigenvalue weighted by Crippen LogP contribution is 2.52. The molecule has 0 radical (unpaired) electrons. The van der Waals surface area contributed by atoms with Gasteiger partial charge >= 0.3 is 0 Å². The Kier molecular flexibility index (Phi) is 5.17. The summed E-state index contributed by atoms with van der Waals surface area (Å²) in [4.78, 5) is 31.1. The highest BCUT2D eigenvalue weighted by atomic mass is 127. The number of guanidine groups is 1. The Bertz CT molecular complexity index is 557. The maximum absolute atomic E-state index is 12.6. The topological polar surface area (TPSA) is 73.8 Å². The minimum atomic E-state index is -0.0979. The Morgan fingerprint density at radius 1 is 1.21 bits per heavy atom. The van der Waals surface area contributed by atoms with Crippen molar-refractivity contribution in [3.8, 4) is 0 Å². The number of amides is 2. The van der Waals surface area contributed by atoms with Crippen molar-refractivity contribution in [2.45, 2.75) is 32.2 Å². The molecular weight excluding hydrogens is 419 g/mol.